The zero-order valence-corrected chi connectivity index (χ0v) is 28.9. The van der Waals surface area contributed by atoms with Gasteiger partial charge in [-0.15, -0.1) is 0 Å². The number of nitrogens with zero attached hydrogens (tertiary/aromatic N) is 1. The molecule has 1 amide bonds. The molecule has 254 valence electrons. The maximum atomic E-state index is 13.7. The van der Waals surface area contributed by atoms with Crippen LogP contribution < -0.4 is 14.4 Å². The third-order valence-corrected chi connectivity index (χ3v) is 12.6. The molecule has 2 aliphatic heterocycles. The highest BCUT2D eigenvalue weighted by Crippen LogP contribution is 2.46. The lowest BCUT2D eigenvalue weighted by atomic mass is 9.68. The minimum absolute atomic E-state index is 0.0440. The fraction of sp³-hybridized carbons (Fsp3) is 0.556. The van der Waals surface area contributed by atoms with E-state index in [0.29, 0.717) is 36.9 Å². The normalized spacial score (nSPS) is 31.0. The second kappa shape index (κ2) is 13.4. The van der Waals surface area contributed by atoms with Gasteiger partial charge in [-0.05, 0) is 112 Å². The number of hydrogen-bond acceptors (Lipinski definition) is 8. The van der Waals surface area contributed by atoms with Crippen LogP contribution >= 0.6 is 11.6 Å². The summed E-state index contributed by atoms with van der Waals surface area (Å²) < 4.78 is 41.6. The number of aliphatic hydroxyl groups is 1. The summed E-state index contributed by atoms with van der Waals surface area (Å²) >= 11 is 6.40. The maximum absolute atomic E-state index is 13.7. The molecule has 1 saturated carbocycles. The van der Waals surface area contributed by atoms with Crippen molar-refractivity contribution in [2.24, 2.45) is 17.8 Å². The Labute approximate surface area is 282 Å². The topological polar surface area (TPSA) is 122 Å². The van der Waals surface area contributed by atoms with Crippen molar-refractivity contribution in [2.75, 3.05) is 24.6 Å². The predicted molar refractivity (Wildman–Crippen MR) is 181 cm³/mol. The van der Waals surface area contributed by atoms with Crippen LogP contribution in [0.15, 0.2) is 48.6 Å². The van der Waals surface area contributed by atoms with E-state index in [4.69, 9.17) is 21.1 Å². The van der Waals surface area contributed by atoms with Crippen LogP contribution in [0, 0.1) is 17.8 Å². The van der Waals surface area contributed by atoms with Crippen LogP contribution in [-0.4, -0.2) is 62.6 Å². The molecule has 2 aromatic rings. The number of benzene rings is 2. The average Bonchev–Trinajstić information content (AvgIpc) is 3.13. The lowest BCUT2D eigenvalue weighted by molar-refractivity contribution is -0.147. The van der Waals surface area contributed by atoms with Crippen LogP contribution in [0.3, 0.4) is 0 Å². The summed E-state index contributed by atoms with van der Waals surface area (Å²) in [4.78, 5) is 28.6. The molecule has 11 heteroatoms. The molecule has 2 heterocycles. The zero-order chi connectivity index (χ0) is 33.5. The number of anilines is 1. The van der Waals surface area contributed by atoms with Crippen molar-refractivity contribution >= 4 is 39.2 Å². The number of hydrogen-bond donors (Lipinski definition) is 2. The van der Waals surface area contributed by atoms with Crippen molar-refractivity contribution in [1.29, 1.82) is 0 Å². The molecule has 0 unspecified atom stereocenters. The van der Waals surface area contributed by atoms with Crippen LogP contribution in [0.2, 0.25) is 5.02 Å². The molecule has 47 heavy (non-hydrogen) atoms. The summed E-state index contributed by atoms with van der Waals surface area (Å²) in [6, 6.07) is 11.1. The number of aryl methyl sites for hydroxylation is 1. The van der Waals surface area contributed by atoms with Gasteiger partial charge in [-0.3, -0.25) is 9.59 Å². The largest absolute Gasteiger partial charge is 0.490 e. The van der Waals surface area contributed by atoms with Crippen LogP contribution in [0.25, 0.3) is 0 Å². The average molecular weight is 685 g/mol. The van der Waals surface area contributed by atoms with Crippen LogP contribution in [0.1, 0.15) is 80.8 Å². The van der Waals surface area contributed by atoms with Crippen LogP contribution in [0.4, 0.5) is 5.69 Å². The monoisotopic (exact) mass is 684 g/mol. The summed E-state index contributed by atoms with van der Waals surface area (Å²) in [6.45, 7) is 6.89. The molecule has 6 atom stereocenters. The fourth-order valence-electron chi connectivity index (χ4n) is 7.89. The van der Waals surface area contributed by atoms with E-state index in [1.807, 2.05) is 12.1 Å². The van der Waals surface area contributed by atoms with E-state index in [-0.39, 0.29) is 22.8 Å². The van der Waals surface area contributed by atoms with Crippen molar-refractivity contribution in [3.8, 4) is 5.75 Å². The van der Waals surface area contributed by atoms with Gasteiger partial charge >= 0.3 is 5.97 Å². The van der Waals surface area contributed by atoms with Gasteiger partial charge in [0, 0.05) is 29.1 Å². The molecule has 9 nitrogen and oxygen atoms in total. The summed E-state index contributed by atoms with van der Waals surface area (Å²) in [6.07, 6.45) is 7.09. The van der Waals surface area contributed by atoms with Crippen LogP contribution in [0.5, 0.6) is 5.75 Å². The van der Waals surface area contributed by atoms with Crippen molar-refractivity contribution in [3.05, 3.63) is 70.3 Å². The van der Waals surface area contributed by atoms with Gasteiger partial charge in [-0.25, -0.2) is 13.1 Å². The Morgan fingerprint density at radius 3 is 2.77 bits per heavy atom. The van der Waals surface area contributed by atoms with Gasteiger partial charge in [0.1, 0.15) is 5.75 Å². The predicted octanol–water partition coefficient (Wildman–Crippen LogP) is 5.57. The Morgan fingerprint density at radius 1 is 1.21 bits per heavy atom. The van der Waals surface area contributed by atoms with Gasteiger partial charge in [0.2, 0.25) is 10.0 Å². The lowest BCUT2D eigenvalue weighted by Gasteiger charge is -2.45. The zero-order valence-electron chi connectivity index (χ0n) is 27.3. The molecule has 0 radical (unpaired) electrons. The van der Waals surface area contributed by atoms with E-state index >= 15 is 0 Å². The SMILES string of the molecule is CC(C)OC(=O)C[C@@H]1[C@@H](C)C/C=C/[C@H](O)[C@@H]2CC[C@H]2CN2C[C@@]3(CCCc4cc(Cl)ccc43)COc3ccc(cc32)C(=O)NS1(=O)=O. The van der Waals surface area contributed by atoms with E-state index < -0.39 is 51.7 Å². The molecule has 0 saturated heterocycles. The highest BCUT2D eigenvalue weighted by atomic mass is 35.5. The Bertz CT molecular complexity index is 1660. The fourth-order valence-corrected chi connectivity index (χ4v) is 9.69. The second-order valence-corrected chi connectivity index (χ2v) is 16.5. The van der Waals surface area contributed by atoms with Gasteiger partial charge in [0.05, 0.1) is 36.2 Å². The molecule has 2 aliphatic carbocycles. The third-order valence-electron chi connectivity index (χ3n) is 10.5. The number of aliphatic hydroxyl groups excluding tert-OH is 1. The molecule has 1 spiro atoms. The Morgan fingerprint density at radius 2 is 2.02 bits per heavy atom. The highest BCUT2D eigenvalue weighted by molar-refractivity contribution is 7.90. The lowest BCUT2D eigenvalue weighted by Crippen LogP contribution is -2.49. The number of ether oxygens (including phenoxy) is 2. The first kappa shape index (κ1) is 33.8. The van der Waals surface area contributed by atoms with Gasteiger partial charge in [0.15, 0.2) is 0 Å². The first-order valence-corrected chi connectivity index (χ1v) is 18.7. The number of sulfonamides is 1. The molecule has 0 aromatic heterocycles. The van der Waals surface area contributed by atoms with Gasteiger partial charge < -0.3 is 19.5 Å². The van der Waals surface area contributed by atoms with Gasteiger partial charge in [0.25, 0.3) is 5.91 Å². The first-order valence-electron chi connectivity index (χ1n) is 16.8. The standard InChI is InChI=1S/C36H45ClN2O7S/c1-22(2)46-34(41)18-33-23(3)6-4-8-31(40)28-12-9-26(28)19-39-20-36(15-5-7-24-16-27(37)11-13-29(24)36)21-45-32-14-10-25(17-30(32)39)35(42)38-47(33,43)44/h4,8,10-11,13-14,16-17,22-23,26,28,31,33,40H,5-7,9,12,15,18-21H2,1-3H3,(H,38,42)/b8-4+/t23-,26-,28+,31-,33+,36-/m0/s1. The van der Waals surface area contributed by atoms with Crippen LogP contribution in [-0.2, 0) is 31.4 Å². The van der Waals surface area contributed by atoms with E-state index in [9.17, 15) is 23.1 Å². The molecule has 2 bridgehead atoms. The van der Waals surface area contributed by atoms with E-state index in [1.54, 1.807) is 51.1 Å². The highest BCUT2D eigenvalue weighted by Gasteiger charge is 2.44. The Balaban J connectivity index is 1.39. The maximum Gasteiger partial charge on any atom is 0.307 e. The molecular formula is C36H45ClN2O7S. The molecule has 4 aliphatic rings. The number of nitrogens with one attached hydrogen (secondary N) is 1. The molecule has 1 fully saturated rings. The summed E-state index contributed by atoms with van der Waals surface area (Å²) in [7, 11) is -4.30. The third kappa shape index (κ3) is 7.06. The number of amides is 1. The summed E-state index contributed by atoms with van der Waals surface area (Å²) in [5, 5.41) is 10.8. The van der Waals surface area contributed by atoms with Gasteiger partial charge in [-0.1, -0.05) is 36.7 Å². The first-order chi connectivity index (χ1) is 22.3. The van der Waals surface area contributed by atoms with Crippen molar-refractivity contribution in [3.63, 3.8) is 0 Å². The molecule has 2 N–H and O–H groups in total. The molecule has 2 aromatic carbocycles. The smallest absolute Gasteiger partial charge is 0.307 e. The van der Waals surface area contributed by atoms with Crippen molar-refractivity contribution in [2.45, 2.75) is 88.6 Å². The quantitative estimate of drug-likeness (QED) is 0.318. The number of rotatable bonds is 3. The van der Waals surface area contributed by atoms with E-state index in [1.165, 1.54) is 11.1 Å². The summed E-state index contributed by atoms with van der Waals surface area (Å²) in [5.74, 6) is -1.06. The minimum Gasteiger partial charge on any atom is -0.490 e. The van der Waals surface area contributed by atoms with Crippen molar-refractivity contribution < 1.29 is 32.6 Å². The van der Waals surface area contributed by atoms with E-state index in [2.05, 4.69) is 15.7 Å². The molecular weight excluding hydrogens is 640 g/mol. The van der Waals surface area contributed by atoms with Crippen molar-refractivity contribution in [1.82, 2.24) is 4.72 Å². The number of halogens is 1. The Hall–Kier alpha value is -3.08. The number of carbonyl (C=O) groups is 2. The second-order valence-electron chi connectivity index (χ2n) is 14.2. The number of fused-ring (bicyclic) bond motifs is 4. The Kier molecular flexibility index (Phi) is 9.67. The minimum atomic E-state index is -4.30. The summed E-state index contributed by atoms with van der Waals surface area (Å²) in [5.41, 5.74) is 3.04. The van der Waals surface area contributed by atoms with E-state index in [0.717, 1.165) is 37.8 Å². The molecule has 6 rings (SSSR count). The van der Waals surface area contributed by atoms with Gasteiger partial charge in [-0.2, -0.15) is 0 Å². The number of esters is 1. The number of carbonyl (C=O) groups excluding carboxylic acids is 2. The number of allylic oxidation sites excluding steroid dienone is 1.